The summed E-state index contributed by atoms with van der Waals surface area (Å²) in [5, 5.41) is 11.4. The SMILES string of the molecule is Cc1ccc(C(=O)NCC(=O)Nc2cn[nH]c2)cc1. The van der Waals surface area contributed by atoms with Crippen molar-refractivity contribution in [1.82, 2.24) is 15.5 Å². The van der Waals surface area contributed by atoms with Crippen LogP contribution in [0.2, 0.25) is 0 Å². The van der Waals surface area contributed by atoms with Gasteiger partial charge in [-0.1, -0.05) is 17.7 Å². The Morgan fingerprint density at radius 1 is 1.26 bits per heavy atom. The molecule has 1 aromatic carbocycles. The van der Waals surface area contributed by atoms with E-state index in [0.29, 0.717) is 11.3 Å². The number of H-pyrrole nitrogens is 1. The van der Waals surface area contributed by atoms with Gasteiger partial charge in [-0.2, -0.15) is 5.10 Å². The van der Waals surface area contributed by atoms with Gasteiger partial charge in [0.2, 0.25) is 5.91 Å². The van der Waals surface area contributed by atoms with Gasteiger partial charge in [0.25, 0.3) is 5.91 Å². The fourth-order valence-corrected chi connectivity index (χ4v) is 1.49. The third kappa shape index (κ3) is 3.67. The monoisotopic (exact) mass is 258 g/mol. The van der Waals surface area contributed by atoms with Crippen LogP contribution >= 0.6 is 0 Å². The Morgan fingerprint density at radius 3 is 2.63 bits per heavy atom. The van der Waals surface area contributed by atoms with Gasteiger partial charge in [0, 0.05) is 11.8 Å². The van der Waals surface area contributed by atoms with Crippen LogP contribution < -0.4 is 10.6 Å². The first kappa shape index (κ1) is 12.8. The minimum atomic E-state index is -0.304. The van der Waals surface area contributed by atoms with Crippen molar-refractivity contribution in [2.45, 2.75) is 6.92 Å². The number of carbonyl (C=O) groups is 2. The standard InChI is InChI=1S/C13H14N4O2/c1-9-2-4-10(5-3-9)13(19)14-8-12(18)17-11-6-15-16-7-11/h2-7H,8H2,1H3,(H,14,19)(H,15,16)(H,17,18). The minimum Gasteiger partial charge on any atom is -0.343 e. The lowest BCUT2D eigenvalue weighted by Gasteiger charge is -2.05. The van der Waals surface area contributed by atoms with Gasteiger partial charge in [0.1, 0.15) is 0 Å². The van der Waals surface area contributed by atoms with Crippen molar-refractivity contribution in [1.29, 1.82) is 0 Å². The lowest BCUT2D eigenvalue weighted by atomic mass is 10.1. The van der Waals surface area contributed by atoms with Crippen LogP contribution in [-0.4, -0.2) is 28.6 Å². The first-order chi connectivity index (χ1) is 9.15. The molecule has 0 radical (unpaired) electrons. The Morgan fingerprint density at radius 2 is 2.00 bits per heavy atom. The van der Waals surface area contributed by atoms with Crippen molar-refractivity contribution in [3.63, 3.8) is 0 Å². The van der Waals surface area contributed by atoms with Gasteiger partial charge < -0.3 is 10.6 Å². The molecule has 0 atom stereocenters. The number of aromatic amines is 1. The highest BCUT2D eigenvalue weighted by Crippen LogP contribution is 2.03. The minimum absolute atomic E-state index is 0.0854. The maximum absolute atomic E-state index is 11.8. The number of hydrogen-bond acceptors (Lipinski definition) is 3. The maximum Gasteiger partial charge on any atom is 0.251 e. The average Bonchev–Trinajstić information content (AvgIpc) is 2.89. The van der Waals surface area contributed by atoms with E-state index >= 15 is 0 Å². The van der Waals surface area contributed by atoms with E-state index in [-0.39, 0.29) is 18.4 Å². The van der Waals surface area contributed by atoms with Gasteiger partial charge in [-0.15, -0.1) is 0 Å². The predicted octanol–water partition coefficient (Wildman–Crippen LogP) is 1.09. The second-order valence-electron chi connectivity index (χ2n) is 4.08. The molecule has 1 aromatic heterocycles. The summed E-state index contributed by atoms with van der Waals surface area (Å²) < 4.78 is 0. The summed E-state index contributed by atoms with van der Waals surface area (Å²) in [6, 6.07) is 7.14. The van der Waals surface area contributed by atoms with Crippen molar-refractivity contribution in [2.75, 3.05) is 11.9 Å². The molecule has 98 valence electrons. The fraction of sp³-hybridized carbons (Fsp3) is 0.154. The topological polar surface area (TPSA) is 86.9 Å². The summed E-state index contributed by atoms with van der Waals surface area (Å²) in [6.45, 7) is 1.86. The summed E-state index contributed by atoms with van der Waals surface area (Å²) in [7, 11) is 0. The Bertz CT molecular complexity index is 561. The molecule has 0 bridgehead atoms. The summed E-state index contributed by atoms with van der Waals surface area (Å²) >= 11 is 0. The third-order valence-corrected chi connectivity index (χ3v) is 2.51. The summed E-state index contributed by atoms with van der Waals surface area (Å²) in [5.74, 6) is -0.579. The molecule has 0 aliphatic rings. The van der Waals surface area contributed by atoms with Gasteiger partial charge >= 0.3 is 0 Å². The highest BCUT2D eigenvalue weighted by Gasteiger charge is 2.08. The van der Waals surface area contributed by atoms with E-state index in [4.69, 9.17) is 0 Å². The molecule has 3 N–H and O–H groups in total. The summed E-state index contributed by atoms with van der Waals surface area (Å²) in [5.41, 5.74) is 2.17. The number of nitrogens with zero attached hydrogens (tertiary/aromatic N) is 1. The molecule has 2 aromatic rings. The van der Waals surface area contributed by atoms with Crippen LogP contribution in [-0.2, 0) is 4.79 Å². The molecule has 0 saturated carbocycles. The molecule has 2 rings (SSSR count). The molecule has 0 fully saturated rings. The molecule has 0 saturated heterocycles. The van der Waals surface area contributed by atoms with Crippen LogP contribution in [0.5, 0.6) is 0 Å². The number of hydrogen-bond donors (Lipinski definition) is 3. The Balaban J connectivity index is 1.83. The Kier molecular flexibility index (Phi) is 3.92. The number of amides is 2. The van der Waals surface area contributed by atoms with Gasteiger partial charge in [0.05, 0.1) is 18.4 Å². The molecule has 6 heteroatoms. The van der Waals surface area contributed by atoms with Crippen molar-refractivity contribution in [3.8, 4) is 0 Å². The lowest BCUT2D eigenvalue weighted by molar-refractivity contribution is -0.115. The smallest absolute Gasteiger partial charge is 0.251 e. The van der Waals surface area contributed by atoms with Gasteiger partial charge in [-0.3, -0.25) is 14.7 Å². The quantitative estimate of drug-likeness (QED) is 0.767. The number of rotatable bonds is 4. The molecule has 0 unspecified atom stereocenters. The molecule has 2 amide bonds. The molecule has 0 spiro atoms. The lowest BCUT2D eigenvalue weighted by Crippen LogP contribution is -2.32. The van der Waals surface area contributed by atoms with E-state index in [2.05, 4.69) is 20.8 Å². The van der Waals surface area contributed by atoms with E-state index in [1.54, 1.807) is 18.3 Å². The zero-order valence-electron chi connectivity index (χ0n) is 10.4. The van der Waals surface area contributed by atoms with Crippen molar-refractivity contribution < 1.29 is 9.59 Å². The highest BCUT2D eigenvalue weighted by molar-refractivity contribution is 5.99. The number of nitrogens with one attached hydrogen (secondary N) is 3. The largest absolute Gasteiger partial charge is 0.343 e. The molecular weight excluding hydrogens is 244 g/mol. The predicted molar refractivity (Wildman–Crippen MR) is 70.7 cm³/mol. The van der Waals surface area contributed by atoms with Crippen LogP contribution in [0.15, 0.2) is 36.7 Å². The van der Waals surface area contributed by atoms with E-state index in [1.165, 1.54) is 6.20 Å². The molecule has 1 heterocycles. The van der Waals surface area contributed by atoms with E-state index in [0.717, 1.165) is 5.56 Å². The van der Waals surface area contributed by atoms with Crippen LogP contribution in [0.3, 0.4) is 0 Å². The number of benzene rings is 1. The molecule has 6 nitrogen and oxygen atoms in total. The van der Waals surface area contributed by atoms with E-state index < -0.39 is 0 Å². The number of aromatic nitrogens is 2. The van der Waals surface area contributed by atoms with Gasteiger partial charge in [-0.05, 0) is 19.1 Å². The Hall–Kier alpha value is -2.63. The number of anilines is 1. The second-order valence-corrected chi connectivity index (χ2v) is 4.08. The van der Waals surface area contributed by atoms with E-state index in [9.17, 15) is 9.59 Å². The highest BCUT2D eigenvalue weighted by atomic mass is 16.2. The third-order valence-electron chi connectivity index (χ3n) is 2.51. The van der Waals surface area contributed by atoms with Crippen molar-refractivity contribution >= 4 is 17.5 Å². The van der Waals surface area contributed by atoms with Crippen molar-refractivity contribution in [2.24, 2.45) is 0 Å². The zero-order chi connectivity index (χ0) is 13.7. The average molecular weight is 258 g/mol. The zero-order valence-corrected chi connectivity index (χ0v) is 10.4. The Labute approximate surface area is 110 Å². The van der Waals surface area contributed by atoms with Crippen molar-refractivity contribution in [3.05, 3.63) is 47.8 Å². The van der Waals surface area contributed by atoms with Gasteiger partial charge in [-0.25, -0.2) is 0 Å². The fourth-order valence-electron chi connectivity index (χ4n) is 1.49. The van der Waals surface area contributed by atoms with Crippen LogP contribution in [0, 0.1) is 6.92 Å². The maximum atomic E-state index is 11.8. The second kappa shape index (κ2) is 5.81. The van der Waals surface area contributed by atoms with E-state index in [1.807, 2.05) is 19.1 Å². The first-order valence-electron chi connectivity index (χ1n) is 5.78. The summed E-state index contributed by atoms with van der Waals surface area (Å²) in [6.07, 6.45) is 3.04. The molecule has 19 heavy (non-hydrogen) atoms. The van der Waals surface area contributed by atoms with Crippen LogP contribution in [0.25, 0.3) is 0 Å². The van der Waals surface area contributed by atoms with Crippen LogP contribution in [0.1, 0.15) is 15.9 Å². The first-order valence-corrected chi connectivity index (χ1v) is 5.78. The van der Waals surface area contributed by atoms with Gasteiger partial charge in [0.15, 0.2) is 0 Å². The normalized spacial score (nSPS) is 9.95. The molecule has 0 aliphatic carbocycles. The van der Waals surface area contributed by atoms with Crippen LogP contribution in [0.4, 0.5) is 5.69 Å². The number of carbonyl (C=O) groups excluding carboxylic acids is 2. The molecular formula is C13H14N4O2. The number of aryl methyl sites for hydroxylation is 1. The summed E-state index contributed by atoms with van der Waals surface area (Å²) in [4.78, 5) is 23.3. The molecule has 0 aliphatic heterocycles.